The molecule has 96 valence electrons. The molecule has 2 aromatic rings. The predicted octanol–water partition coefficient (Wildman–Crippen LogP) is 1.95. The third kappa shape index (κ3) is 3.10. The lowest BCUT2D eigenvalue weighted by molar-refractivity contribution is -0.129. The molecule has 0 saturated heterocycles. The summed E-state index contributed by atoms with van der Waals surface area (Å²) in [4.78, 5) is 14.5. The van der Waals surface area contributed by atoms with Gasteiger partial charge in [0.15, 0.2) is 0 Å². The van der Waals surface area contributed by atoms with Crippen molar-refractivity contribution >= 4 is 17.4 Å². The lowest BCUT2D eigenvalue weighted by Gasteiger charge is -2.14. The second-order valence-electron chi connectivity index (χ2n) is 3.84. The van der Waals surface area contributed by atoms with E-state index in [1.165, 1.54) is 11.5 Å². The zero-order valence-corrected chi connectivity index (χ0v) is 11.1. The van der Waals surface area contributed by atoms with Crippen molar-refractivity contribution < 1.29 is 13.9 Å². The summed E-state index contributed by atoms with van der Waals surface area (Å²) in [5.74, 6) is 1.27. The number of furan rings is 1. The van der Waals surface area contributed by atoms with Gasteiger partial charge in [-0.1, -0.05) is 0 Å². The van der Waals surface area contributed by atoms with Crippen molar-refractivity contribution in [2.24, 2.45) is 0 Å². The highest BCUT2D eigenvalue weighted by Gasteiger charge is 2.13. The van der Waals surface area contributed by atoms with Gasteiger partial charge in [0, 0.05) is 18.0 Å². The molecule has 2 heterocycles. The molecule has 0 aliphatic rings. The predicted molar refractivity (Wildman–Crippen MR) is 67.6 cm³/mol. The van der Waals surface area contributed by atoms with Crippen LogP contribution in [0.2, 0.25) is 0 Å². The van der Waals surface area contributed by atoms with E-state index < -0.39 is 0 Å². The van der Waals surface area contributed by atoms with E-state index in [1.54, 1.807) is 37.5 Å². The SMILES string of the molecule is COc1cc(CN(C)C(=O)Cc2ccco2)sn1. The number of aromatic nitrogens is 1. The van der Waals surface area contributed by atoms with Gasteiger partial charge in [-0.2, -0.15) is 4.37 Å². The maximum atomic E-state index is 11.9. The first-order valence-electron chi connectivity index (χ1n) is 5.45. The van der Waals surface area contributed by atoms with E-state index in [4.69, 9.17) is 9.15 Å². The summed E-state index contributed by atoms with van der Waals surface area (Å²) in [5, 5.41) is 0. The number of methoxy groups -OCH3 is 1. The van der Waals surface area contributed by atoms with Gasteiger partial charge < -0.3 is 14.1 Å². The van der Waals surface area contributed by atoms with Crippen LogP contribution in [0.4, 0.5) is 0 Å². The Kier molecular flexibility index (Phi) is 3.99. The Bertz CT molecular complexity index is 507. The molecule has 0 atom stereocenters. The van der Waals surface area contributed by atoms with E-state index in [-0.39, 0.29) is 12.3 Å². The Morgan fingerprint density at radius 2 is 2.44 bits per heavy atom. The molecule has 0 aromatic carbocycles. The number of carbonyl (C=O) groups is 1. The van der Waals surface area contributed by atoms with Crippen LogP contribution in [0.15, 0.2) is 28.9 Å². The number of ether oxygens (including phenoxy) is 1. The Balaban J connectivity index is 1.90. The van der Waals surface area contributed by atoms with Crippen LogP contribution in [0.25, 0.3) is 0 Å². The minimum atomic E-state index is 0.0114. The number of likely N-dealkylation sites (N-methyl/N-ethyl adjacent to an activating group) is 1. The van der Waals surface area contributed by atoms with Crippen LogP contribution in [0.5, 0.6) is 5.88 Å². The summed E-state index contributed by atoms with van der Waals surface area (Å²) in [7, 11) is 3.34. The van der Waals surface area contributed by atoms with Gasteiger partial charge in [-0.15, -0.1) is 0 Å². The fourth-order valence-corrected chi connectivity index (χ4v) is 2.22. The highest BCUT2D eigenvalue weighted by molar-refractivity contribution is 7.05. The largest absolute Gasteiger partial charge is 0.480 e. The quantitative estimate of drug-likeness (QED) is 0.830. The standard InChI is InChI=1S/C12H14N2O3S/c1-14(8-10-7-11(16-2)13-18-10)12(15)6-9-4-3-5-17-9/h3-5,7H,6,8H2,1-2H3. The first-order chi connectivity index (χ1) is 8.69. The minimum Gasteiger partial charge on any atom is -0.480 e. The molecule has 0 aliphatic heterocycles. The van der Waals surface area contributed by atoms with Gasteiger partial charge in [0.1, 0.15) is 5.76 Å². The van der Waals surface area contributed by atoms with Gasteiger partial charge in [-0.05, 0) is 23.7 Å². The Morgan fingerprint density at radius 3 is 3.06 bits per heavy atom. The lowest BCUT2D eigenvalue weighted by Crippen LogP contribution is -2.27. The van der Waals surface area contributed by atoms with Gasteiger partial charge >= 0.3 is 0 Å². The molecule has 0 unspecified atom stereocenters. The van der Waals surface area contributed by atoms with Crippen LogP contribution in [0, 0.1) is 0 Å². The topological polar surface area (TPSA) is 55.6 Å². The molecule has 5 nitrogen and oxygen atoms in total. The fourth-order valence-electron chi connectivity index (χ4n) is 1.48. The monoisotopic (exact) mass is 266 g/mol. The van der Waals surface area contributed by atoms with Crippen LogP contribution >= 0.6 is 11.5 Å². The Hall–Kier alpha value is -1.82. The van der Waals surface area contributed by atoms with Gasteiger partial charge in [-0.25, -0.2) is 0 Å². The van der Waals surface area contributed by atoms with E-state index in [9.17, 15) is 4.79 Å². The maximum Gasteiger partial charge on any atom is 0.230 e. The van der Waals surface area contributed by atoms with Crippen LogP contribution in [-0.2, 0) is 17.8 Å². The van der Waals surface area contributed by atoms with Crippen molar-refractivity contribution in [3.05, 3.63) is 35.1 Å². The number of amides is 1. The first kappa shape index (κ1) is 12.6. The molecule has 0 bridgehead atoms. The second kappa shape index (κ2) is 5.68. The fraction of sp³-hybridized carbons (Fsp3) is 0.333. The molecule has 18 heavy (non-hydrogen) atoms. The minimum absolute atomic E-state index is 0.0114. The number of hydrogen-bond acceptors (Lipinski definition) is 5. The summed E-state index contributed by atoms with van der Waals surface area (Å²) in [5.41, 5.74) is 0. The summed E-state index contributed by atoms with van der Waals surface area (Å²) >= 11 is 1.34. The van der Waals surface area contributed by atoms with Crippen molar-refractivity contribution in [1.29, 1.82) is 0 Å². The first-order valence-corrected chi connectivity index (χ1v) is 6.22. The van der Waals surface area contributed by atoms with E-state index >= 15 is 0 Å². The van der Waals surface area contributed by atoms with E-state index in [2.05, 4.69) is 4.37 Å². The van der Waals surface area contributed by atoms with Crippen molar-refractivity contribution in [3.8, 4) is 5.88 Å². The van der Waals surface area contributed by atoms with Gasteiger partial charge in [0.2, 0.25) is 11.8 Å². The highest BCUT2D eigenvalue weighted by atomic mass is 32.1. The van der Waals surface area contributed by atoms with Crippen LogP contribution in [0.1, 0.15) is 10.6 Å². The number of nitrogens with zero attached hydrogens (tertiary/aromatic N) is 2. The van der Waals surface area contributed by atoms with Crippen LogP contribution in [-0.4, -0.2) is 29.3 Å². The molecule has 0 radical (unpaired) electrons. The van der Waals surface area contributed by atoms with Gasteiger partial charge in [0.25, 0.3) is 0 Å². The summed E-state index contributed by atoms with van der Waals surface area (Å²) in [6.07, 6.45) is 1.84. The molecule has 0 fully saturated rings. The third-order valence-electron chi connectivity index (χ3n) is 2.47. The molecular formula is C12H14N2O3S. The normalized spacial score (nSPS) is 10.3. The number of rotatable bonds is 5. The van der Waals surface area contributed by atoms with Gasteiger partial charge in [-0.3, -0.25) is 4.79 Å². The van der Waals surface area contributed by atoms with E-state index in [0.29, 0.717) is 18.2 Å². The highest BCUT2D eigenvalue weighted by Crippen LogP contribution is 2.17. The van der Waals surface area contributed by atoms with Gasteiger partial charge in [0.05, 0.1) is 26.3 Å². The molecule has 6 heteroatoms. The molecule has 0 saturated carbocycles. The summed E-state index contributed by atoms with van der Waals surface area (Å²) in [6, 6.07) is 5.40. The molecular weight excluding hydrogens is 252 g/mol. The van der Waals surface area contributed by atoms with E-state index in [0.717, 1.165) is 4.88 Å². The molecule has 1 amide bonds. The lowest BCUT2D eigenvalue weighted by atomic mass is 10.3. The zero-order chi connectivity index (χ0) is 13.0. The number of hydrogen-bond donors (Lipinski definition) is 0. The average molecular weight is 266 g/mol. The van der Waals surface area contributed by atoms with Crippen molar-refractivity contribution in [2.75, 3.05) is 14.2 Å². The van der Waals surface area contributed by atoms with Crippen molar-refractivity contribution in [1.82, 2.24) is 9.27 Å². The number of carbonyl (C=O) groups excluding carboxylic acids is 1. The van der Waals surface area contributed by atoms with Crippen LogP contribution in [0.3, 0.4) is 0 Å². The summed E-state index contributed by atoms with van der Waals surface area (Å²) in [6.45, 7) is 0.528. The average Bonchev–Trinajstić information content (AvgIpc) is 3.00. The maximum absolute atomic E-state index is 11.9. The summed E-state index contributed by atoms with van der Waals surface area (Å²) < 4.78 is 14.2. The van der Waals surface area contributed by atoms with Crippen molar-refractivity contribution in [2.45, 2.75) is 13.0 Å². The molecule has 0 N–H and O–H groups in total. The molecule has 2 aromatic heterocycles. The zero-order valence-electron chi connectivity index (χ0n) is 10.3. The molecule has 0 aliphatic carbocycles. The van der Waals surface area contributed by atoms with E-state index in [1.807, 2.05) is 6.07 Å². The molecule has 0 spiro atoms. The molecule has 2 rings (SSSR count). The Morgan fingerprint density at radius 1 is 1.61 bits per heavy atom. The van der Waals surface area contributed by atoms with Crippen LogP contribution < -0.4 is 4.74 Å². The van der Waals surface area contributed by atoms with Crippen molar-refractivity contribution in [3.63, 3.8) is 0 Å². The Labute approximate surface area is 109 Å². The second-order valence-corrected chi connectivity index (χ2v) is 4.73. The third-order valence-corrected chi connectivity index (χ3v) is 3.22. The smallest absolute Gasteiger partial charge is 0.230 e.